The van der Waals surface area contributed by atoms with E-state index < -0.39 is 6.10 Å². The zero-order chi connectivity index (χ0) is 8.97. The lowest BCUT2D eigenvalue weighted by molar-refractivity contribution is 0.182. The fourth-order valence-electron chi connectivity index (χ4n) is 1.03. The largest absolute Gasteiger partial charge is 0.388 e. The normalized spacial score (nSPS) is 12.5. The van der Waals surface area contributed by atoms with Crippen molar-refractivity contribution in [3.05, 3.63) is 47.5 Å². The maximum absolute atomic E-state index is 9.55. The lowest BCUT2D eigenvalue weighted by atomic mass is 10.1. The predicted octanol–water partition coefficient (Wildman–Crippen LogP) is 2.95. The van der Waals surface area contributed by atoms with Crippen molar-refractivity contribution >= 4 is 11.6 Å². The highest BCUT2D eigenvalue weighted by Crippen LogP contribution is 2.24. The summed E-state index contributed by atoms with van der Waals surface area (Å²) in [5, 5.41) is 10.1. The molecule has 1 unspecified atom stereocenters. The van der Waals surface area contributed by atoms with E-state index >= 15 is 0 Å². The monoisotopic (exact) mass is 184 g/mol. The van der Waals surface area contributed by atoms with Crippen LogP contribution in [0.25, 0.3) is 0 Å². The Labute approximate surface area is 77.3 Å². The summed E-state index contributed by atoms with van der Waals surface area (Å²) in [6, 6.07) is 7.28. The van der Waals surface area contributed by atoms with Crippen LogP contribution >= 0.6 is 11.6 Å². The lowest BCUT2D eigenvalue weighted by Crippen LogP contribution is -1.95. The molecule has 2 heteroatoms. The van der Waals surface area contributed by atoms with Crippen molar-refractivity contribution in [1.82, 2.24) is 0 Å². The molecular weight excluding hydrogens is 174 g/mol. The van der Waals surface area contributed by atoms with Crippen molar-refractivity contribution in [3.8, 4) is 0 Å². The molecule has 0 heterocycles. The Morgan fingerprint density at radius 2 is 2.17 bits per heavy atom. The molecule has 12 heavy (non-hydrogen) atoms. The van der Waals surface area contributed by atoms with E-state index in [9.17, 15) is 5.11 Å². The highest BCUT2D eigenvalue weighted by atomic mass is 35.5. The van der Waals surface area contributed by atoms with Crippen LogP contribution in [0.15, 0.2) is 36.9 Å². The summed E-state index contributed by atoms with van der Waals surface area (Å²) in [5.41, 5.74) is 0.763. The molecular formula is C10H11ClO. The molecule has 0 aromatic heterocycles. The minimum atomic E-state index is -0.531. The highest BCUT2D eigenvalue weighted by molar-refractivity contribution is 6.31. The van der Waals surface area contributed by atoms with Crippen LogP contribution in [0.4, 0.5) is 0 Å². The van der Waals surface area contributed by atoms with E-state index in [0.717, 1.165) is 5.56 Å². The minimum absolute atomic E-state index is 0.531. The van der Waals surface area contributed by atoms with Crippen molar-refractivity contribution < 1.29 is 5.11 Å². The number of aliphatic hydroxyl groups excluding tert-OH is 1. The Morgan fingerprint density at radius 1 is 1.50 bits per heavy atom. The van der Waals surface area contributed by atoms with Crippen LogP contribution in [-0.4, -0.2) is 5.11 Å². The summed E-state index contributed by atoms with van der Waals surface area (Å²) in [4.78, 5) is 0. The first-order chi connectivity index (χ1) is 5.75. The molecule has 1 rings (SSSR count). The van der Waals surface area contributed by atoms with Crippen LogP contribution < -0.4 is 0 Å². The summed E-state index contributed by atoms with van der Waals surface area (Å²) in [5.74, 6) is 0. The summed E-state index contributed by atoms with van der Waals surface area (Å²) in [6.07, 6.45) is 1.67. The fraction of sp³-hybridized carbons (Fsp3) is 0.200. The smallest absolute Gasteiger partial charge is 0.0838 e. The zero-order valence-electron chi connectivity index (χ0n) is 6.70. The third kappa shape index (κ3) is 2.10. The van der Waals surface area contributed by atoms with Gasteiger partial charge < -0.3 is 5.11 Å². The van der Waals surface area contributed by atoms with Crippen LogP contribution in [0.3, 0.4) is 0 Å². The highest BCUT2D eigenvalue weighted by Gasteiger charge is 2.07. The molecule has 0 aliphatic heterocycles. The number of benzene rings is 1. The maximum atomic E-state index is 9.55. The number of hydrogen-bond donors (Lipinski definition) is 1. The molecule has 0 spiro atoms. The van der Waals surface area contributed by atoms with E-state index in [-0.39, 0.29) is 0 Å². The molecule has 1 nitrogen and oxygen atoms in total. The Morgan fingerprint density at radius 3 is 2.75 bits per heavy atom. The third-order valence-corrected chi connectivity index (χ3v) is 2.00. The second-order valence-electron chi connectivity index (χ2n) is 2.56. The number of aliphatic hydroxyl groups is 1. The van der Waals surface area contributed by atoms with Gasteiger partial charge in [-0.15, -0.1) is 6.58 Å². The lowest BCUT2D eigenvalue weighted by Gasteiger charge is -2.09. The van der Waals surface area contributed by atoms with Crippen LogP contribution in [0.2, 0.25) is 5.02 Å². The van der Waals surface area contributed by atoms with Crippen molar-refractivity contribution in [2.75, 3.05) is 0 Å². The third-order valence-electron chi connectivity index (χ3n) is 1.65. The number of hydrogen-bond acceptors (Lipinski definition) is 1. The summed E-state index contributed by atoms with van der Waals surface area (Å²) in [7, 11) is 0. The number of rotatable bonds is 3. The van der Waals surface area contributed by atoms with Gasteiger partial charge in [0, 0.05) is 5.02 Å². The first kappa shape index (κ1) is 9.30. The van der Waals surface area contributed by atoms with E-state index in [1.54, 1.807) is 12.1 Å². The van der Waals surface area contributed by atoms with Crippen molar-refractivity contribution in [3.63, 3.8) is 0 Å². The van der Waals surface area contributed by atoms with Crippen molar-refractivity contribution in [2.45, 2.75) is 12.5 Å². The second kappa shape index (κ2) is 4.29. The quantitative estimate of drug-likeness (QED) is 0.566. The average Bonchev–Trinajstić information content (AvgIpc) is 2.05. The molecule has 64 valence electrons. The van der Waals surface area contributed by atoms with Crippen LogP contribution in [0, 0.1) is 0 Å². The van der Waals surface area contributed by atoms with Gasteiger partial charge >= 0.3 is 0 Å². The molecule has 0 aliphatic rings. The topological polar surface area (TPSA) is 20.2 Å². The van der Waals surface area contributed by atoms with Gasteiger partial charge in [0.15, 0.2) is 0 Å². The van der Waals surface area contributed by atoms with Crippen LogP contribution in [-0.2, 0) is 0 Å². The van der Waals surface area contributed by atoms with Gasteiger partial charge in [0.05, 0.1) is 6.10 Å². The van der Waals surface area contributed by atoms with Gasteiger partial charge in [0.2, 0.25) is 0 Å². The molecule has 1 atom stereocenters. The van der Waals surface area contributed by atoms with Gasteiger partial charge in [-0.05, 0) is 18.1 Å². The Bertz CT molecular complexity index is 270. The molecule has 0 radical (unpaired) electrons. The van der Waals surface area contributed by atoms with Gasteiger partial charge in [-0.25, -0.2) is 0 Å². The fourth-order valence-corrected chi connectivity index (χ4v) is 1.29. The van der Waals surface area contributed by atoms with Gasteiger partial charge in [-0.2, -0.15) is 0 Å². The Hall–Kier alpha value is -0.790. The van der Waals surface area contributed by atoms with Crippen molar-refractivity contribution in [2.24, 2.45) is 0 Å². The predicted molar refractivity (Wildman–Crippen MR) is 51.2 cm³/mol. The molecule has 0 bridgehead atoms. The molecule has 0 fully saturated rings. The summed E-state index contributed by atoms with van der Waals surface area (Å²) >= 11 is 5.86. The minimum Gasteiger partial charge on any atom is -0.388 e. The molecule has 0 amide bonds. The van der Waals surface area contributed by atoms with Crippen LogP contribution in [0.1, 0.15) is 18.1 Å². The van der Waals surface area contributed by atoms with E-state index in [0.29, 0.717) is 11.4 Å². The van der Waals surface area contributed by atoms with Crippen LogP contribution in [0.5, 0.6) is 0 Å². The van der Waals surface area contributed by atoms with Gasteiger partial charge in [-0.3, -0.25) is 0 Å². The Balaban J connectivity index is 2.86. The van der Waals surface area contributed by atoms with E-state index in [1.165, 1.54) is 0 Å². The molecule has 0 saturated heterocycles. The zero-order valence-corrected chi connectivity index (χ0v) is 7.46. The summed E-state index contributed by atoms with van der Waals surface area (Å²) in [6.45, 7) is 3.55. The first-order valence-corrected chi connectivity index (χ1v) is 4.17. The molecule has 1 aromatic rings. The van der Waals surface area contributed by atoms with E-state index in [2.05, 4.69) is 6.58 Å². The van der Waals surface area contributed by atoms with Gasteiger partial charge in [-0.1, -0.05) is 35.9 Å². The van der Waals surface area contributed by atoms with Crippen molar-refractivity contribution in [1.29, 1.82) is 0 Å². The molecule has 1 N–H and O–H groups in total. The van der Waals surface area contributed by atoms with Gasteiger partial charge in [0.25, 0.3) is 0 Å². The van der Waals surface area contributed by atoms with E-state index in [4.69, 9.17) is 11.6 Å². The second-order valence-corrected chi connectivity index (χ2v) is 2.97. The number of halogens is 1. The average molecular weight is 185 g/mol. The van der Waals surface area contributed by atoms with E-state index in [1.807, 2.05) is 18.2 Å². The SMILES string of the molecule is C=CCC([18OH])c1ccccc1Cl. The first-order valence-electron chi connectivity index (χ1n) is 3.79. The maximum Gasteiger partial charge on any atom is 0.0838 e. The molecule has 0 saturated carbocycles. The summed E-state index contributed by atoms with van der Waals surface area (Å²) < 4.78 is 0. The van der Waals surface area contributed by atoms with Gasteiger partial charge in [0.1, 0.15) is 0 Å². The molecule has 0 aliphatic carbocycles. The molecule has 1 aromatic carbocycles. The Kier molecular flexibility index (Phi) is 3.32. The standard InChI is InChI=1S/C10H11ClO/c1-2-5-10(12)8-6-3-4-7-9(8)11/h2-4,6-7,10,12H,1,5H2/i12+2.